The van der Waals surface area contributed by atoms with Crippen molar-refractivity contribution < 1.29 is 13.9 Å². The van der Waals surface area contributed by atoms with E-state index in [0.717, 1.165) is 23.9 Å². The van der Waals surface area contributed by atoms with Gasteiger partial charge in [0.05, 0.1) is 0 Å². The van der Waals surface area contributed by atoms with Gasteiger partial charge >= 0.3 is 5.63 Å². The zero-order valence-electron chi connectivity index (χ0n) is 14.7. The number of carbonyl (C=O) groups excluding carboxylic acids is 1. The number of unbranched alkanes of at least 4 members (excludes halogenated alkanes) is 1. The van der Waals surface area contributed by atoms with Crippen LogP contribution in [-0.4, -0.2) is 19.1 Å². The van der Waals surface area contributed by atoms with Crippen LogP contribution < -0.4 is 15.3 Å². The van der Waals surface area contributed by atoms with Crippen LogP contribution in [0.3, 0.4) is 0 Å². The lowest BCUT2D eigenvalue weighted by Crippen LogP contribution is -2.35. The van der Waals surface area contributed by atoms with Crippen molar-refractivity contribution in [3.8, 4) is 5.75 Å². The summed E-state index contributed by atoms with van der Waals surface area (Å²) in [6, 6.07) is 17.8. The molecule has 0 unspecified atom stereocenters. The van der Waals surface area contributed by atoms with Gasteiger partial charge in [0.25, 0.3) is 5.91 Å². The van der Waals surface area contributed by atoms with Gasteiger partial charge in [0.2, 0.25) is 0 Å². The minimum Gasteiger partial charge on any atom is -0.484 e. The highest BCUT2D eigenvalue weighted by molar-refractivity contribution is 5.94. The predicted octanol–water partition coefficient (Wildman–Crippen LogP) is 4.01. The Morgan fingerprint density at radius 2 is 1.85 bits per heavy atom. The van der Waals surface area contributed by atoms with Gasteiger partial charge in [-0.3, -0.25) is 4.79 Å². The Hall–Kier alpha value is -3.08. The largest absolute Gasteiger partial charge is 0.484 e. The minimum absolute atomic E-state index is 0.0822. The number of hydrogen-bond donors (Lipinski definition) is 0. The van der Waals surface area contributed by atoms with Gasteiger partial charge in [0.1, 0.15) is 11.3 Å². The zero-order valence-corrected chi connectivity index (χ0v) is 14.7. The number of ether oxygens (including phenoxy) is 1. The van der Waals surface area contributed by atoms with Crippen LogP contribution in [0.15, 0.2) is 69.9 Å². The van der Waals surface area contributed by atoms with Crippen LogP contribution in [0.4, 0.5) is 5.69 Å². The van der Waals surface area contributed by atoms with E-state index in [9.17, 15) is 9.59 Å². The maximum Gasteiger partial charge on any atom is 0.336 e. The number of anilines is 1. The molecule has 0 fully saturated rings. The molecular weight excluding hydrogens is 330 g/mol. The van der Waals surface area contributed by atoms with Crippen molar-refractivity contribution in [3.63, 3.8) is 0 Å². The van der Waals surface area contributed by atoms with Gasteiger partial charge in [0, 0.05) is 29.8 Å². The standard InChI is InChI=1S/C21H21NO4/c1-2-3-13-22(17-7-5-4-6-8-17)20(23)15-25-18-11-9-16-10-12-21(24)26-19(16)14-18/h4-12,14H,2-3,13,15H2,1H3. The van der Waals surface area contributed by atoms with E-state index in [1.54, 1.807) is 29.2 Å². The van der Waals surface area contributed by atoms with Gasteiger partial charge in [-0.2, -0.15) is 0 Å². The van der Waals surface area contributed by atoms with E-state index in [-0.39, 0.29) is 12.5 Å². The molecule has 0 radical (unpaired) electrons. The number of carbonyl (C=O) groups is 1. The molecule has 26 heavy (non-hydrogen) atoms. The first-order valence-electron chi connectivity index (χ1n) is 8.69. The molecule has 0 spiro atoms. The Morgan fingerprint density at radius 3 is 2.62 bits per heavy atom. The number of para-hydroxylation sites is 1. The molecule has 0 bridgehead atoms. The fraction of sp³-hybridized carbons (Fsp3) is 0.238. The van der Waals surface area contributed by atoms with E-state index in [1.807, 2.05) is 30.3 Å². The number of hydrogen-bond acceptors (Lipinski definition) is 4. The van der Waals surface area contributed by atoms with E-state index >= 15 is 0 Å². The number of fused-ring (bicyclic) bond motifs is 1. The third kappa shape index (κ3) is 4.30. The summed E-state index contributed by atoms with van der Waals surface area (Å²) in [7, 11) is 0. The monoisotopic (exact) mass is 351 g/mol. The van der Waals surface area contributed by atoms with Gasteiger partial charge < -0.3 is 14.1 Å². The SMILES string of the molecule is CCCCN(C(=O)COc1ccc2ccc(=O)oc2c1)c1ccccc1. The van der Waals surface area contributed by atoms with Crippen LogP contribution in [0.1, 0.15) is 19.8 Å². The number of benzene rings is 2. The maximum atomic E-state index is 12.7. The van der Waals surface area contributed by atoms with Crippen LogP contribution in [0.25, 0.3) is 11.0 Å². The highest BCUT2D eigenvalue weighted by Crippen LogP contribution is 2.20. The average molecular weight is 351 g/mol. The molecule has 3 aromatic rings. The summed E-state index contributed by atoms with van der Waals surface area (Å²) in [6.45, 7) is 2.66. The van der Waals surface area contributed by atoms with Crippen LogP contribution in [0.5, 0.6) is 5.75 Å². The Morgan fingerprint density at radius 1 is 1.08 bits per heavy atom. The molecule has 1 amide bonds. The number of nitrogens with zero attached hydrogens (tertiary/aromatic N) is 1. The quantitative estimate of drug-likeness (QED) is 0.604. The van der Waals surface area contributed by atoms with Crippen molar-refractivity contribution in [2.75, 3.05) is 18.1 Å². The lowest BCUT2D eigenvalue weighted by atomic mass is 10.2. The Kier molecular flexibility index (Phi) is 5.69. The van der Waals surface area contributed by atoms with Gasteiger partial charge in [-0.1, -0.05) is 31.5 Å². The highest BCUT2D eigenvalue weighted by Gasteiger charge is 2.16. The van der Waals surface area contributed by atoms with Gasteiger partial charge in [-0.05, 0) is 36.8 Å². The van der Waals surface area contributed by atoms with E-state index in [0.29, 0.717) is 17.9 Å². The highest BCUT2D eigenvalue weighted by atomic mass is 16.5. The van der Waals surface area contributed by atoms with E-state index in [1.165, 1.54) is 6.07 Å². The number of rotatable bonds is 7. The van der Waals surface area contributed by atoms with Crippen molar-refractivity contribution in [1.82, 2.24) is 0 Å². The van der Waals surface area contributed by atoms with Crippen LogP contribution in [-0.2, 0) is 4.79 Å². The number of amides is 1. The van der Waals surface area contributed by atoms with Crippen molar-refractivity contribution >= 4 is 22.6 Å². The molecule has 3 rings (SSSR count). The summed E-state index contributed by atoms with van der Waals surface area (Å²) < 4.78 is 10.8. The summed E-state index contributed by atoms with van der Waals surface area (Å²) in [5.74, 6) is 0.378. The molecule has 2 aromatic carbocycles. The molecule has 0 N–H and O–H groups in total. The average Bonchev–Trinajstić information content (AvgIpc) is 2.67. The smallest absolute Gasteiger partial charge is 0.336 e. The van der Waals surface area contributed by atoms with E-state index < -0.39 is 5.63 Å². The Labute approximate surface area is 151 Å². The summed E-state index contributed by atoms with van der Waals surface area (Å²) in [4.78, 5) is 25.7. The van der Waals surface area contributed by atoms with Gasteiger partial charge in [0.15, 0.2) is 6.61 Å². The fourth-order valence-corrected chi connectivity index (χ4v) is 2.68. The third-order valence-corrected chi connectivity index (χ3v) is 4.06. The first-order valence-corrected chi connectivity index (χ1v) is 8.69. The van der Waals surface area contributed by atoms with Crippen LogP contribution >= 0.6 is 0 Å². The second kappa shape index (κ2) is 8.34. The predicted molar refractivity (Wildman–Crippen MR) is 102 cm³/mol. The molecule has 1 aromatic heterocycles. The van der Waals surface area contributed by atoms with Crippen molar-refractivity contribution in [1.29, 1.82) is 0 Å². The fourth-order valence-electron chi connectivity index (χ4n) is 2.68. The topological polar surface area (TPSA) is 59.8 Å². The van der Waals surface area contributed by atoms with Crippen LogP contribution in [0.2, 0.25) is 0 Å². The molecule has 0 aliphatic carbocycles. The Balaban J connectivity index is 1.72. The zero-order chi connectivity index (χ0) is 18.4. The minimum atomic E-state index is -0.416. The summed E-state index contributed by atoms with van der Waals surface area (Å²) in [6.07, 6.45) is 1.92. The third-order valence-electron chi connectivity index (χ3n) is 4.06. The summed E-state index contributed by atoms with van der Waals surface area (Å²) in [5.41, 5.74) is 0.882. The molecule has 1 heterocycles. The molecular formula is C21H21NO4. The van der Waals surface area contributed by atoms with Gasteiger partial charge in [-0.25, -0.2) is 4.79 Å². The van der Waals surface area contributed by atoms with Crippen molar-refractivity contribution in [2.24, 2.45) is 0 Å². The van der Waals surface area contributed by atoms with Gasteiger partial charge in [-0.15, -0.1) is 0 Å². The summed E-state index contributed by atoms with van der Waals surface area (Å²) >= 11 is 0. The summed E-state index contributed by atoms with van der Waals surface area (Å²) in [5, 5.41) is 0.803. The molecule has 0 saturated heterocycles. The second-order valence-corrected chi connectivity index (χ2v) is 5.98. The molecule has 0 saturated carbocycles. The van der Waals surface area contributed by atoms with E-state index in [2.05, 4.69) is 6.92 Å². The lowest BCUT2D eigenvalue weighted by Gasteiger charge is -2.22. The van der Waals surface area contributed by atoms with Crippen molar-refractivity contribution in [3.05, 3.63) is 71.1 Å². The first-order chi connectivity index (χ1) is 12.7. The molecule has 0 atom stereocenters. The molecule has 134 valence electrons. The first kappa shape index (κ1) is 17.7. The second-order valence-electron chi connectivity index (χ2n) is 5.98. The molecule has 5 heteroatoms. The Bertz CT molecular complexity index is 933. The molecule has 5 nitrogen and oxygen atoms in total. The van der Waals surface area contributed by atoms with Crippen LogP contribution in [0, 0.1) is 0 Å². The molecule has 0 aliphatic heterocycles. The molecule has 0 aliphatic rings. The van der Waals surface area contributed by atoms with E-state index in [4.69, 9.17) is 9.15 Å². The normalized spacial score (nSPS) is 10.7. The van der Waals surface area contributed by atoms with Crippen molar-refractivity contribution in [2.45, 2.75) is 19.8 Å². The maximum absolute atomic E-state index is 12.7. The lowest BCUT2D eigenvalue weighted by molar-refractivity contribution is -0.120.